The van der Waals surface area contributed by atoms with Gasteiger partial charge in [0.1, 0.15) is 0 Å². The number of hydrogen-bond donors (Lipinski definition) is 1. The van der Waals surface area contributed by atoms with Crippen molar-refractivity contribution in [1.82, 2.24) is 5.32 Å². The Morgan fingerprint density at radius 2 is 1.76 bits per heavy atom. The summed E-state index contributed by atoms with van der Waals surface area (Å²) < 4.78 is 5.15. The fourth-order valence-electron chi connectivity index (χ4n) is 2.39. The van der Waals surface area contributed by atoms with Crippen molar-refractivity contribution in [2.45, 2.75) is 39.7 Å². The quantitative estimate of drug-likeness (QED) is 0.818. The van der Waals surface area contributed by atoms with Gasteiger partial charge in [-0.05, 0) is 57.4 Å². The van der Waals surface area contributed by atoms with E-state index in [1.165, 1.54) is 22.3 Å². The molecule has 0 fully saturated rings. The maximum absolute atomic E-state index is 5.15. The minimum Gasteiger partial charge on any atom is -0.385 e. The first-order valence-corrected chi connectivity index (χ1v) is 6.31. The average molecular weight is 235 g/mol. The van der Waals surface area contributed by atoms with Gasteiger partial charge in [-0.25, -0.2) is 0 Å². The molecule has 0 radical (unpaired) electrons. The molecule has 0 saturated heterocycles. The Kier molecular flexibility index (Phi) is 5.66. The number of aryl methyl sites for hydroxylation is 3. The predicted molar refractivity (Wildman–Crippen MR) is 73.7 cm³/mol. The van der Waals surface area contributed by atoms with Crippen LogP contribution in [0.15, 0.2) is 12.1 Å². The second-order valence-electron chi connectivity index (χ2n) is 4.85. The van der Waals surface area contributed by atoms with Crippen LogP contribution in [0.25, 0.3) is 0 Å². The Morgan fingerprint density at radius 1 is 1.18 bits per heavy atom. The van der Waals surface area contributed by atoms with Crippen LogP contribution in [-0.4, -0.2) is 26.8 Å². The van der Waals surface area contributed by atoms with Crippen LogP contribution in [0.4, 0.5) is 0 Å². The largest absolute Gasteiger partial charge is 0.385 e. The molecule has 0 aliphatic rings. The number of hydrogen-bond acceptors (Lipinski definition) is 2. The van der Waals surface area contributed by atoms with Crippen LogP contribution < -0.4 is 5.32 Å². The summed E-state index contributed by atoms with van der Waals surface area (Å²) in [6, 6.07) is 5.03. The second kappa shape index (κ2) is 6.77. The SMILES string of the molecule is CNC(CCOC)Cc1c(C)cc(C)cc1C. The molecule has 96 valence electrons. The van der Waals surface area contributed by atoms with E-state index in [-0.39, 0.29) is 0 Å². The number of nitrogens with one attached hydrogen (secondary N) is 1. The van der Waals surface area contributed by atoms with Gasteiger partial charge in [0.25, 0.3) is 0 Å². The van der Waals surface area contributed by atoms with Crippen molar-refractivity contribution in [2.75, 3.05) is 20.8 Å². The number of ether oxygens (including phenoxy) is 1. The zero-order valence-electron chi connectivity index (χ0n) is 11.8. The molecule has 2 nitrogen and oxygen atoms in total. The zero-order chi connectivity index (χ0) is 12.8. The molecule has 1 N–H and O–H groups in total. The first-order valence-electron chi connectivity index (χ1n) is 6.31. The Balaban J connectivity index is 2.78. The Hall–Kier alpha value is -0.860. The minimum atomic E-state index is 0.495. The summed E-state index contributed by atoms with van der Waals surface area (Å²) in [6.07, 6.45) is 2.14. The van der Waals surface area contributed by atoms with E-state index in [0.29, 0.717) is 6.04 Å². The smallest absolute Gasteiger partial charge is 0.0477 e. The summed E-state index contributed by atoms with van der Waals surface area (Å²) in [5, 5.41) is 3.37. The van der Waals surface area contributed by atoms with Gasteiger partial charge in [0.2, 0.25) is 0 Å². The number of likely N-dealkylation sites (N-methyl/N-ethyl adjacent to an activating group) is 1. The lowest BCUT2D eigenvalue weighted by atomic mass is 9.93. The number of methoxy groups -OCH3 is 1. The molecule has 0 spiro atoms. The van der Waals surface area contributed by atoms with E-state index in [2.05, 4.69) is 38.2 Å². The summed E-state index contributed by atoms with van der Waals surface area (Å²) in [6.45, 7) is 7.39. The van der Waals surface area contributed by atoms with E-state index >= 15 is 0 Å². The van der Waals surface area contributed by atoms with Crippen LogP contribution in [0.2, 0.25) is 0 Å². The van der Waals surface area contributed by atoms with Gasteiger partial charge in [0, 0.05) is 19.8 Å². The molecule has 0 aliphatic heterocycles. The first-order chi connectivity index (χ1) is 8.08. The Bertz CT molecular complexity index is 337. The fraction of sp³-hybridized carbons (Fsp3) is 0.600. The first kappa shape index (κ1) is 14.2. The molecule has 0 amide bonds. The van der Waals surface area contributed by atoms with Crippen LogP contribution in [0.3, 0.4) is 0 Å². The standard InChI is InChI=1S/C15H25NO/c1-11-8-12(2)15(13(3)9-11)10-14(16-4)6-7-17-5/h8-9,14,16H,6-7,10H2,1-5H3. The van der Waals surface area contributed by atoms with Crippen molar-refractivity contribution in [3.8, 4) is 0 Å². The van der Waals surface area contributed by atoms with E-state index in [9.17, 15) is 0 Å². The highest BCUT2D eigenvalue weighted by Crippen LogP contribution is 2.18. The average Bonchev–Trinajstić information content (AvgIpc) is 2.27. The van der Waals surface area contributed by atoms with Gasteiger partial charge in [0.05, 0.1) is 0 Å². The molecule has 0 bridgehead atoms. The van der Waals surface area contributed by atoms with E-state index in [1.54, 1.807) is 7.11 Å². The molecule has 0 heterocycles. The molecular formula is C15H25NO. The molecule has 2 heteroatoms. The third-order valence-electron chi connectivity index (χ3n) is 3.37. The van der Waals surface area contributed by atoms with Crippen molar-refractivity contribution >= 4 is 0 Å². The Labute approximate surface area is 105 Å². The maximum Gasteiger partial charge on any atom is 0.0477 e. The van der Waals surface area contributed by atoms with E-state index in [4.69, 9.17) is 4.74 Å². The zero-order valence-corrected chi connectivity index (χ0v) is 11.8. The topological polar surface area (TPSA) is 21.3 Å². The molecule has 0 saturated carbocycles. The lowest BCUT2D eigenvalue weighted by Crippen LogP contribution is -2.29. The third kappa shape index (κ3) is 4.14. The van der Waals surface area contributed by atoms with Gasteiger partial charge in [-0.1, -0.05) is 17.7 Å². The van der Waals surface area contributed by atoms with E-state index < -0.39 is 0 Å². The summed E-state index contributed by atoms with van der Waals surface area (Å²) in [5.74, 6) is 0. The summed E-state index contributed by atoms with van der Waals surface area (Å²) in [7, 11) is 3.79. The molecule has 1 rings (SSSR count). The van der Waals surface area contributed by atoms with Gasteiger partial charge >= 0.3 is 0 Å². The monoisotopic (exact) mass is 235 g/mol. The lowest BCUT2D eigenvalue weighted by Gasteiger charge is -2.19. The van der Waals surface area contributed by atoms with Crippen molar-refractivity contribution in [3.05, 3.63) is 34.4 Å². The summed E-state index contributed by atoms with van der Waals surface area (Å²) in [5.41, 5.74) is 5.63. The van der Waals surface area contributed by atoms with Gasteiger partial charge in [0.15, 0.2) is 0 Å². The van der Waals surface area contributed by atoms with Crippen LogP contribution in [-0.2, 0) is 11.2 Å². The molecular weight excluding hydrogens is 210 g/mol. The van der Waals surface area contributed by atoms with E-state index in [1.807, 2.05) is 7.05 Å². The third-order valence-corrected chi connectivity index (χ3v) is 3.37. The van der Waals surface area contributed by atoms with Crippen molar-refractivity contribution < 1.29 is 4.74 Å². The highest BCUT2D eigenvalue weighted by Gasteiger charge is 2.11. The highest BCUT2D eigenvalue weighted by molar-refractivity contribution is 5.38. The second-order valence-corrected chi connectivity index (χ2v) is 4.85. The molecule has 17 heavy (non-hydrogen) atoms. The van der Waals surface area contributed by atoms with Crippen LogP contribution in [0.5, 0.6) is 0 Å². The van der Waals surface area contributed by atoms with Crippen LogP contribution in [0, 0.1) is 20.8 Å². The Morgan fingerprint density at radius 3 is 2.24 bits per heavy atom. The fourth-order valence-corrected chi connectivity index (χ4v) is 2.39. The molecule has 1 aromatic rings. The van der Waals surface area contributed by atoms with Crippen molar-refractivity contribution in [2.24, 2.45) is 0 Å². The van der Waals surface area contributed by atoms with Crippen LogP contribution in [0.1, 0.15) is 28.7 Å². The van der Waals surface area contributed by atoms with Crippen molar-refractivity contribution in [1.29, 1.82) is 0 Å². The minimum absolute atomic E-state index is 0.495. The van der Waals surface area contributed by atoms with Crippen molar-refractivity contribution in [3.63, 3.8) is 0 Å². The summed E-state index contributed by atoms with van der Waals surface area (Å²) >= 11 is 0. The molecule has 0 aliphatic carbocycles. The summed E-state index contributed by atoms with van der Waals surface area (Å²) in [4.78, 5) is 0. The highest BCUT2D eigenvalue weighted by atomic mass is 16.5. The number of rotatable bonds is 6. The lowest BCUT2D eigenvalue weighted by molar-refractivity contribution is 0.184. The predicted octanol–water partition coefficient (Wildman–Crippen LogP) is 2.78. The van der Waals surface area contributed by atoms with Crippen LogP contribution >= 0.6 is 0 Å². The molecule has 1 atom stereocenters. The van der Waals surface area contributed by atoms with Gasteiger partial charge in [-0.15, -0.1) is 0 Å². The molecule has 1 aromatic carbocycles. The molecule has 1 unspecified atom stereocenters. The van der Waals surface area contributed by atoms with E-state index in [0.717, 1.165) is 19.4 Å². The van der Waals surface area contributed by atoms with Gasteiger partial charge < -0.3 is 10.1 Å². The molecule has 0 aromatic heterocycles. The number of benzene rings is 1. The normalized spacial score (nSPS) is 12.8. The maximum atomic E-state index is 5.15. The van der Waals surface area contributed by atoms with Gasteiger partial charge in [-0.3, -0.25) is 0 Å². The van der Waals surface area contributed by atoms with Gasteiger partial charge in [-0.2, -0.15) is 0 Å².